The van der Waals surface area contributed by atoms with Crippen LogP contribution < -0.4 is 0 Å². The number of rotatable bonds is 5. The van der Waals surface area contributed by atoms with E-state index in [-0.39, 0.29) is 11.4 Å². The summed E-state index contributed by atoms with van der Waals surface area (Å²) in [5.74, 6) is -0.127. The number of carbonyl (C=O) groups is 1. The zero-order valence-corrected chi connectivity index (χ0v) is 13.1. The maximum absolute atomic E-state index is 11.7. The normalized spacial score (nSPS) is 21.5. The van der Waals surface area contributed by atoms with Gasteiger partial charge in [-0.25, -0.2) is 0 Å². The number of esters is 1. The zero-order chi connectivity index (χ0) is 15.3. The van der Waals surface area contributed by atoms with Crippen LogP contribution >= 0.6 is 0 Å². The van der Waals surface area contributed by atoms with Crippen LogP contribution in [0.2, 0.25) is 0 Å². The van der Waals surface area contributed by atoms with Crippen LogP contribution in [0.3, 0.4) is 0 Å². The minimum absolute atomic E-state index is 0.117. The van der Waals surface area contributed by atoms with Crippen LogP contribution in [0, 0.1) is 5.41 Å². The summed E-state index contributed by atoms with van der Waals surface area (Å²) in [7, 11) is 0. The number of hydrogen-bond donors (Lipinski definition) is 0. The van der Waals surface area contributed by atoms with Crippen LogP contribution in [0.25, 0.3) is 5.57 Å². The Morgan fingerprint density at radius 2 is 2.05 bits per heavy atom. The predicted molar refractivity (Wildman–Crippen MR) is 86.4 cm³/mol. The van der Waals surface area contributed by atoms with E-state index in [0.29, 0.717) is 13.0 Å². The molecule has 1 aliphatic heterocycles. The number of carbonyl (C=O) groups excluding carboxylic acids is 1. The first-order valence-electron chi connectivity index (χ1n) is 7.49. The molecule has 21 heavy (non-hydrogen) atoms. The molecule has 0 fully saturated rings. The van der Waals surface area contributed by atoms with Gasteiger partial charge in [-0.3, -0.25) is 9.79 Å². The van der Waals surface area contributed by atoms with Crippen molar-refractivity contribution in [3.8, 4) is 0 Å². The Bertz CT molecular complexity index is 560. The third kappa shape index (κ3) is 3.81. The van der Waals surface area contributed by atoms with E-state index in [2.05, 4.69) is 30.1 Å². The number of aliphatic imine (C=N–C) groups is 1. The quantitative estimate of drug-likeness (QED) is 0.770. The van der Waals surface area contributed by atoms with E-state index in [4.69, 9.17) is 4.74 Å². The average molecular weight is 285 g/mol. The molecule has 2 rings (SSSR count). The van der Waals surface area contributed by atoms with Crippen LogP contribution in [0.1, 0.15) is 39.2 Å². The Morgan fingerprint density at radius 3 is 2.71 bits per heavy atom. The van der Waals surface area contributed by atoms with Gasteiger partial charge in [-0.1, -0.05) is 37.3 Å². The highest BCUT2D eigenvalue weighted by Crippen LogP contribution is 2.41. The smallest absolute Gasteiger partial charge is 0.305 e. The van der Waals surface area contributed by atoms with Crippen molar-refractivity contribution in [2.75, 3.05) is 13.2 Å². The van der Waals surface area contributed by atoms with Crippen molar-refractivity contribution in [2.24, 2.45) is 10.4 Å². The molecule has 3 nitrogen and oxygen atoms in total. The summed E-state index contributed by atoms with van der Waals surface area (Å²) in [6.45, 7) is 7.20. The molecule has 0 saturated heterocycles. The van der Waals surface area contributed by atoms with E-state index in [0.717, 1.165) is 18.7 Å². The molecule has 0 unspecified atom stereocenters. The highest BCUT2D eigenvalue weighted by atomic mass is 16.5. The first kappa shape index (κ1) is 15.5. The van der Waals surface area contributed by atoms with Gasteiger partial charge in [0, 0.05) is 24.1 Å². The number of dihydropyridines is 1. The largest absolute Gasteiger partial charge is 0.466 e. The van der Waals surface area contributed by atoms with Gasteiger partial charge < -0.3 is 4.74 Å². The fraction of sp³-hybridized carbons (Fsp3) is 0.444. The molecule has 0 saturated carbocycles. The lowest BCUT2D eigenvalue weighted by atomic mass is 9.73. The Labute approximate surface area is 126 Å². The molecule has 3 heteroatoms. The molecule has 0 aromatic heterocycles. The van der Waals surface area contributed by atoms with Crippen molar-refractivity contribution in [3.05, 3.63) is 42.0 Å². The van der Waals surface area contributed by atoms with Gasteiger partial charge in [0.2, 0.25) is 0 Å². The van der Waals surface area contributed by atoms with Crippen LogP contribution in [0.4, 0.5) is 0 Å². The molecule has 112 valence electrons. The molecular weight excluding hydrogens is 262 g/mol. The number of hydrogen-bond acceptors (Lipinski definition) is 3. The summed E-state index contributed by atoms with van der Waals surface area (Å²) in [4.78, 5) is 16.2. The van der Waals surface area contributed by atoms with E-state index in [1.54, 1.807) is 0 Å². The van der Waals surface area contributed by atoms with Crippen LogP contribution in [0.5, 0.6) is 0 Å². The molecule has 1 aliphatic rings. The zero-order valence-electron chi connectivity index (χ0n) is 13.1. The monoisotopic (exact) mass is 285 g/mol. The van der Waals surface area contributed by atoms with Gasteiger partial charge in [0.15, 0.2) is 0 Å². The molecule has 1 heterocycles. The fourth-order valence-corrected chi connectivity index (χ4v) is 2.69. The van der Waals surface area contributed by atoms with Crippen LogP contribution in [0.15, 0.2) is 41.4 Å². The van der Waals surface area contributed by atoms with E-state index >= 15 is 0 Å². The first-order chi connectivity index (χ1) is 10.0. The molecule has 0 bridgehead atoms. The summed E-state index contributed by atoms with van der Waals surface area (Å²) in [6.07, 6.45) is 3.33. The maximum atomic E-state index is 11.7. The predicted octanol–water partition coefficient (Wildman–Crippen LogP) is 3.89. The van der Waals surface area contributed by atoms with E-state index < -0.39 is 0 Å². The molecule has 0 N–H and O–H groups in total. The van der Waals surface area contributed by atoms with Crippen molar-refractivity contribution in [2.45, 2.75) is 33.6 Å². The Kier molecular flexibility index (Phi) is 4.94. The topological polar surface area (TPSA) is 38.7 Å². The summed E-state index contributed by atoms with van der Waals surface area (Å²) >= 11 is 0. The number of ether oxygens (including phenoxy) is 1. The molecular formula is C18H23NO2. The highest BCUT2D eigenvalue weighted by Gasteiger charge is 2.32. The van der Waals surface area contributed by atoms with Gasteiger partial charge in [0.05, 0.1) is 6.61 Å². The summed E-state index contributed by atoms with van der Waals surface area (Å²) < 4.78 is 5.05. The van der Waals surface area contributed by atoms with Crippen molar-refractivity contribution in [3.63, 3.8) is 0 Å². The molecule has 0 radical (unpaired) electrons. The molecule has 1 aromatic rings. The van der Waals surface area contributed by atoms with Crippen molar-refractivity contribution < 1.29 is 9.53 Å². The SMILES string of the molecule is CCOC(=O)CC[C@@]1(C)CN=C(C)C=C1c1ccccc1. The summed E-state index contributed by atoms with van der Waals surface area (Å²) in [5.41, 5.74) is 3.40. The number of nitrogens with zero attached hydrogens (tertiary/aromatic N) is 1. The molecule has 1 aromatic carbocycles. The van der Waals surface area contributed by atoms with E-state index in [1.807, 2.05) is 32.0 Å². The van der Waals surface area contributed by atoms with Crippen LogP contribution in [-0.4, -0.2) is 24.8 Å². The molecule has 1 atom stereocenters. The second-order valence-corrected chi connectivity index (χ2v) is 5.75. The number of benzene rings is 1. The molecule has 0 amide bonds. The second kappa shape index (κ2) is 6.70. The Balaban J connectivity index is 2.21. The lowest BCUT2D eigenvalue weighted by molar-refractivity contribution is -0.143. The highest BCUT2D eigenvalue weighted by molar-refractivity contribution is 6.01. The van der Waals surface area contributed by atoms with Gasteiger partial charge in [-0.15, -0.1) is 0 Å². The maximum Gasteiger partial charge on any atom is 0.305 e. The van der Waals surface area contributed by atoms with Crippen molar-refractivity contribution in [1.82, 2.24) is 0 Å². The lowest BCUT2D eigenvalue weighted by Crippen LogP contribution is -2.27. The van der Waals surface area contributed by atoms with Gasteiger partial charge in [0.1, 0.15) is 0 Å². The van der Waals surface area contributed by atoms with E-state index in [9.17, 15) is 4.79 Å². The molecule has 0 spiro atoms. The Hall–Kier alpha value is -1.90. The van der Waals surface area contributed by atoms with Gasteiger partial charge >= 0.3 is 5.97 Å². The Morgan fingerprint density at radius 1 is 1.33 bits per heavy atom. The standard InChI is InChI=1S/C18H23NO2/c1-4-21-17(20)10-11-18(3)13-19-14(2)12-16(18)15-8-6-5-7-9-15/h5-9,12H,4,10-11,13H2,1-3H3/t18-/m0/s1. The first-order valence-corrected chi connectivity index (χ1v) is 7.49. The molecule has 0 aliphatic carbocycles. The minimum atomic E-state index is -0.127. The second-order valence-electron chi connectivity index (χ2n) is 5.75. The van der Waals surface area contributed by atoms with E-state index in [1.165, 1.54) is 11.1 Å². The third-order valence-electron chi connectivity index (χ3n) is 3.95. The van der Waals surface area contributed by atoms with Crippen LogP contribution in [-0.2, 0) is 9.53 Å². The lowest BCUT2D eigenvalue weighted by Gasteiger charge is -2.34. The van der Waals surface area contributed by atoms with Crippen molar-refractivity contribution >= 4 is 17.3 Å². The third-order valence-corrected chi connectivity index (χ3v) is 3.95. The summed E-state index contributed by atoms with van der Waals surface area (Å²) in [6, 6.07) is 10.3. The number of allylic oxidation sites excluding steroid dienone is 1. The van der Waals surface area contributed by atoms with Crippen molar-refractivity contribution in [1.29, 1.82) is 0 Å². The fourth-order valence-electron chi connectivity index (χ4n) is 2.69. The average Bonchev–Trinajstić information content (AvgIpc) is 2.49. The van der Waals surface area contributed by atoms with Gasteiger partial charge in [0.25, 0.3) is 0 Å². The van der Waals surface area contributed by atoms with Gasteiger partial charge in [-0.2, -0.15) is 0 Å². The minimum Gasteiger partial charge on any atom is -0.466 e. The van der Waals surface area contributed by atoms with Gasteiger partial charge in [-0.05, 0) is 37.5 Å². The summed E-state index contributed by atoms with van der Waals surface area (Å²) in [5, 5.41) is 0.